The van der Waals surface area contributed by atoms with E-state index in [1.165, 1.54) is 43.8 Å². The van der Waals surface area contributed by atoms with Crippen LogP contribution in [0.1, 0.15) is 75.6 Å². The van der Waals surface area contributed by atoms with E-state index in [1.54, 1.807) is 0 Å². The van der Waals surface area contributed by atoms with Crippen LogP contribution >= 0.6 is 24.8 Å². The Morgan fingerprint density at radius 3 is 1.21 bits per heavy atom. The molecular formula is C29H41Cl2SiZr. The summed E-state index contributed by atoms with van der Waals surface area (Å²) in [6.07, 6.45) is 0. The van der Waals surface area contributed by atoms with Crippen molar-refractivity contribution >= 4 is 57.3 Å². The second-order valence-electron chi connectivity index (χ2n) is 8.08. The molecule has 0 nitrogen and oxygen atoms in total. The number of fused-ring (bicyclic) bond motifs is 2. The number of hydrogen-bond donors (Lipinski definition) is 0. The van der Waals surface area contributed by atoms with E-state index in [0.29, 0.717) is 11.8 Å². The first kappa shape index (κ1) is 39.5. The van der Waals surface area contributed by atoms with Crippen molar-refractivity contribution in [3.8, 4) is 0 Å². The largest absolute Gasteiger partial charge is 3.00 e. The minimum Gasteiger partial charge on any atom is -0.358 e. The van der Waals surface area contributed by atoms with E-state index in [1.807, 2.05) is 13.8 Å². The minimum absolute atomic E-state index is 0. The van der Waals surface area contributed by atoms with E-state index in [4.69, 9.17) is 0 Å². The molecule has 33 heavy (non-hydrogen) atoms. The van der Waals surface area contributed by atoms with Gasteiger partial charge in [-0.3, -0.25) is 0 Å². The van der Waals surface area contributed by atoms with Crippen LogP contribution in [0, 0.1) is 21.3 Å². The van der Waals surface area contributed by atoms with E-state index in [2.05, 4.69) is 102 Å². The van der Waals surface area contributed by atoms with Gasteiger partial charge in [-0.25, -0.2) is 0 Å². The molecule has 0 saturated heterocycles. The van der Waals surface area contributed by atoms with Crippen LogP contribution in [-0.4, -0.2) is 11.0 Å². The van der Waals surface area contributed by atoms with Gasteiger partial charge in [0.15, 0.2) is 0 Å². The average molecular weight is 580 g/mol. The van der Waals surface area contributed by atoms with E-state index < -0.39 is 0 Å². The quantitative estimate of drug-likeness (QED) is 0.164. The van der Waals surface area contributed by atoms with Crippen LogP contribution in [-0.2, 0) is 26.2 Å². The molecule has 4 heteroatoms. The maximum Gasteiger partial charge on any atom is 3.00 e. The summed E-state index contributed by atoms with van der Waals surface area (Å²) in [5.41, 5.74) is 5.66. The Morgan fingerprint density at radius 1 is 0.636 bits per heavy atom. The number of aryl methyl sites for hydroxylation is 2. The maximum absolute atomic E-state index is 2.28. The minimum atomic E-state index is 0. The Bertz CT molecular complexity index is 945. The molecular weight excluding hydrogens is 539 g/mol. The predicted molar refractivity (Wildman–Crippen MR) is 155 cm³/mol. The zero-order chi connectivity index (χ0) is 20.8. The Hall–Kier alpha value is -0.660. The fraction of sp³-hybridized carbons (Fsp3) is 0.345. The van der Waals surface area contributed by atoms with Crippen LogP contribution in [0.2, 0.25) is 0 Å². The van der Waals surface area contributed by atoms with Gasteiger partial charge in [-0.15, -0.1) is 93.9 Å². The van der Waals surface area contributed by atoms with E-state index in [-0.39, 0.29) is 69.4 Å². The summed E-state index contributed by atoms with van der Waals surface area (Å²) in [4.78, 5) is 0. The molecule has 5 radical (unpaired) electrons. The number of benzene rings is 2. The molecule has 179 valence electrons. The monoisotopic (exact) mass is 577 g/mol. The molecule has 0 saturated carbocycles. The van der Waals surface area contributed by atoms with Gasteiger partial charge in [0.2, 0.25) is 0 Å². The third kappa shape index (κ3) is 10.2. The molecule has 0 aliphatic carbocycles. The third-order valence-electron chi connectivity index (χ3n) is 5.10. The molecule has 0 heterocycles. The third-order valence-corrected chi connectivity index (χ3v) is 5.10. The average Bonchev–Trinajstić information content (AvgIpc) is 3.23. The summed E-state index contributed by atoms with van der Waals surface area (Å²) in [5, 5.41) is 5.61. The first-order valence-electron chi connectivity index (χ1n) is 10.7. The van der Waals surface area contributed by atoms with Gasteiger partial charge in [0.05, 0.1) is 0 Å². The summed E-state index contributed by atoms with van der Waals surface area (Å²) in [6.45, 7) is 17.3. The van der Waals surface area contributed by atoms with Crippen molar-refractivity contribution < 1.29 is 26.2 Å². The van der Waals surface area contributed by atoms with Crippen LogP contribution in [0.3, 0.4) is 0 Å². The van der Waals surface area contributed by atoms with Gasteiger partial charge < -0.3 is 7.43 Å². The molecule has 0 fully saturated rings. The first-order valence-corrected chi connectivity index (χ1v) is 10.7. The number of rotatable bonds is 2. The second-order valence-corrected chi connectivity index (χ2v) is 8.08. The van der Waals surface area contributed by atoms with Gasteiger partial charge in [0, 0.05) is 11.0 Å². The fourth-order valence-corrected chi connectivity index (χ4v) is 3.82. The topological polar surface area (TPSA) is 0 Å². The van der Waals surface area contributed by atoms with Crippen molar-refractivity contribution in [3.05, 3.63) is 90.3 Å². The molecule has 0 atom stereocenters. The molecule has 0 spiro atoms. The summed E-state index contributed by atoms with van der Waals surface area (Å²) in [6, 6.07) is 22.2. The van der Waals surface area contributed by atoms with Crippen LogP contribution in [0.15, 0.2) is 60.7 Å². The normalized spacial score (nSPS) is 9.15. The zero-order valence-corrected chi connectivity index (χ0v) is 26.8. The fourth-order valence-electron chi connectivity index (χ4n) is 3.82. The van der Waals surface area contributed by atoms with Crippen molar-refractivity contribution in [2.75, 3.05) is 0 Å². The Kier molecular flexibility index (Phi) is 22.3. The Morgan fingerprint density at radius 2 is 0.939 bits per heavy atom. The number of hydrogen-bond acceptors (Lipinski definition) is 0. The van der Waals surface area contributed by atoms with Crippen molar-refractivity contribution in [2.24, 2.45) is 0 Å². The second kappa shape index (κ2) is 18.6. The van der Waals surface area contributed by atoms with E-state index in [0.717, 1.165) is 0 Å². The molecule has 0 aromatic heterocycles. The van der Waals surface area contributed by atoms with E-state index in [9.17, 15) is 0 Å². The van der Waals surface area contributed by atoms with Crippen molar-refractivity contribution in [1.29, 1.82) is 0 Å². The van der Waals surface area contributed by atoms with Gasteiger partial charge >= 0.3 is 26.2 Å². The van der Waals surface area contributed by atoms with Crippen LogP contribution in [0.4, 0.5) is 0 Å². The molecule has 0 N–H and O–H groups in total. The predicted octanol–water partition coefficient (Wildman–Crippen LogP) is 9.92. The van der Waals surface area contributed by atoms with Gasteiger partial charge in [-0.05, 0) is 11.8 Å². The molecule has 4 aromatic carbocycles. The van der Waals surface area contributed by atoms with Gasteiger partial charge in [0.1, 0.15) is 0 Å². The zero-order valence-electron chi connectivity index (χ0n) is 21.7. The smallest absolute Gasteiger partial charge is 0.358 e. The summed E-state index contributed by atoms with van der Waals surface area (Å²) in [5.74, 6) is 1.23. The first-order chi connectivity index (χ1) is 13.4. The SMILES string of the molecule is CC.Cc1cc2c(C(C)C)cccc2[cH-]1.Cc1cc2c(C(C)C)cccc2[cH-]1.Cl.Cl.[CH3-].[Si].[Zr+3]. The Labute approximate surface area is 239 Å². The maximum atomic E-state index is 2.28. The Balaban J connectivity index is -0.000000208. The summed E-state index contributed by atoms with van der Waals surface area (Å²) >= 11 is 0. The molecule has 4 aromatic rings. The standard InChI is InChI=1S/2C13H15.C2H6.CH3.2ClH.Si.Zr/c2*1-9(2)12-6-4-5-11-7-10(3)8-13(11)12;1-2;;;;;/h2*4-9H,1-3H3;1-2H3;1H3;2*1H;;/q2*-1;;-1;;;;+3. The van der Waals surface area contributed by atoms with Crippen molar-refractivity contribution in [2.45, 2.75) is 67.2 Å². The molecule has 0 amide bonds. The van der Waals surface area contributed by atoms with Crippen LogP contribution in [0.25, 0.3) is 21.5 Å². The molecule has 0 aliphatic rings. The summed E-state index contributed by atoms with van der Waals surface area (Å²) < 4.78 is 0. The molecule has 4 rings (SSSR count). The van der Waals surface area contributed by atoms with E-state index >= 15 is 0 Å². The van der Waals surface area contributed by atoms with Gasteiger partial charge in [0.25, 0.3) is 0 Å². The molecule has 0 bridgehead atoms. The van der Waals surface area contributed by atoms with Crippen molar-refractivity contribution in [3.63, 3.8) is 0 Å². The van der Waals surface area contributed by atoms with Gasteiger partial charge in [-0.2, -0.15) is 12.1 Å². The van der Waals surface area contributed by atoms with Crippen LogP contribution in [0.5, 0.6) is 0 Å². The van der Waals surface area contributed by atoms with Crippen molar-refractivity contribution in [1.82, 2.24) is 0 Å². The molecule has 0 unspecified atom stereocenters. The van der Waals surface area contributed by atoms with Crippen LogP contribution < -0.4 is 0 Å². The number of halogens is 2. The molecule has 0 aliphatic heterocycles. The van der Waals surface area contributed by atoms with Gasteiger partial charge in [-0.1, -0.05) is 78.6 Å². The summed E-state index contributed by atoms with van der Waals surface area (Å²) in [7, 11) is 0.